The van der Waals surface area contributed by atoms with Crippen molar-refractivity contribution >= 4 is 17.8 Å². The smallest absolute Gasteiger partial charge is 0.305 e. The minimum atomic E-state index is -0.548. The molecule has 0 aliphatic heterocycles. The van der Waals surface area contributed by atoms with E-state index in [1.54, 1.807) is 13.0 Å². The van der Waals surface area contributed by atoms with E-state index < -0.39 is 5.92 Å². The number of hydrogen-bond acceptors (Lipinski definition) is 5. The van der Waals surface area contributed by atoms with Crippen LogP contribution in [0.2, 0.25) is 0 Å². The maximum Gasteiger partial charge on any atom is 0.305 e. The molecule has 0 spiro atoms. The van der Waals surface area contributed by atoms with Gasteiger partial charge >= 0.3 is 5.97 Å². The van der Waals surface area contributed by atoms with Gasteiger partial charge in [0.05, 0.1) is 19.1 Å². The summed E-state index contributed by atoms with van der Waals surface area (Å²) in [6, 6.07) is -0.360. The average Bonchev–Trinajstić information content (AvgIpc) is 2.61. The molecule has 7 nitrogen and oxygen atoms in total. The monoisotopic (exact) mass is 368 g/mol. The molecule has 0 unspecified atom stereocenters. The first-order valence-electron chi connectivity index (χ1n) is 8.99. The van der Waals surface area contributed by atoms with E-state index in [4.69, 9.17) is 9.84 Å². The highest BCUT2D eigenvalue weighted by atomic mass is 16.5. The Morgan fingerprint density at radius 3 is 2.54 bits per heavy atom. The van der Waals surface area contributed by atoms with Gasteiger partial charge < -0.3 is 20.5 Å². The molecule has 2 amide bonds. The minimum Gasteiger partial charge on any atom is -0.464 e. The molecule has 0 saturated carbocycles. The highest BCUT2D eigenvalue weighted by Gasteiger charge is 2.21. The fraction of sp³-hybridized carbons (Fsp3) is 0.632. The highest BCUT2D eigenvalue weighted by Crippen LogP contribution is 2.10. The van der Waals surface area contributed by atoms with Gasteiger partial charge in [-0.15, -0.1) is 13.2 Å². The van der Waals surface area contributed by atoms with E-state index >= 15 is 0 Å². The molecule has 0 saturated heterocycles. The van der Waals surface area contributed by atoms with Gasteiger partial charge in [-0.3, -0.25) is 14.4 Å². The summed E-state index contributed by atoms with van der Waals surface area (Å²) in [4.78, 5) is 35.5. The molecule has 0 aromatic heterocycles. The summed E-state index contributed by atoms with van der Waals surface area (Å²) >= 11 is 0. The van der Waals surface area contributed by atoms with Crippen LogP contribution in [0.5, 0.6) is 0 Å². The number of amides is 2. The normalized spacial score (nSPS) is 12.5. The van der Waals surface area contributed by atoms with Gasteiger partial charge in [0.2, 0.25) is 11.8 Å². The van der Waals surface area contributed by atoms with Gasteiger partial charge in [-0.25, -0.2) is 0 Å². The van der Waals surface area contributed by atoms with Gasteiger partial charge in [0.25, 0.3) is 0 Å². The number of hydrogen-bond donors (Lipinski definition) is 3. The first-order valence-corrected chi connectivity index (χ1v) is 8.99. The van der Waals surface area contributed by atoms with Gasteiger partial charge in [-0.2, -0.15) is 0 Å². The Balaban J connectivity index is 4.10. The molecule has 0 aromatic rings. The zero-order valence-electron chi connectivity index (χ0n) is 15.7. The Bertz CT molecular complexity index is 465. The molecule has 7 heteroatoms. The van der Waals surface area contributed by atoms with Crippen molar-refractivity contribution in [3.05, 3.63) is 25.3 Å². The highest BCUT2D eigenvalue weighted by molar-refractivity contribution is 5.86. The first kappa shape index (κ1) is 23.9. The number of unbranched alkanes of at least 4 members (excludes halogenated alkanes) is 2. The van der Waals surface area contributed by atoms with Crippen molar-refractivity contribution in [3.63, 3.8) is 0 Å². The van der Waals surface area contributed by atoms with Crippen molar-refractivity contribution in [3.8, 4) is 0 Å². The molecule has 0 radical (unpaired) electrons. The quantitative estimate of drug-likeness (QED) is 0.231. The lowest BCUT2D eigenvalue weighted by molar-refractivity contribution is -0.144. The molecule has 0 aromatic carbocycles. The zero-order valence-corrected chi connectivity index (χ0v) is 15.7. The van der Waals surface area contributed by atoms with Crippen LogP contribution in [0.1, 0.15) is 45.4 Å². The van der Waals surface area contributed by atoms with E-state index in [0.29, 0.717) is 12.8 Å². The molecule has 0 fully saturated rings. The third-order valence-electron chi connectivity index (χ3n) is 3.64. The summed E-state index contributed by atoms with van der Waals surface area (Å²) in [5.74, 6) is -1.44. The maximum atomic E-state index is 12.2. The van der Waals surface area contributed by atoms with Crippen LogP contribution >= 0.6 is 0 Å². The molecular weight excluding hydrogens is 336 g/mol. The third-order valence-corrected chi connectivity index (χ3v) is 3.64. The number of esters is 1. The molecule has 0 bridgehead atoms. The van der Waals surface area contributed by atoms with Crippen molar-refractivity contribution < 1.29 is 24.2 Å². The standard InChI is InChI=1S/C19H32N2O5/c1-4-6-7-8-10-18(24)26-12-11-20-19(25)16(9-5-2)13-17(23)21-15(3)14-22/h4-5,15-16,22H,1-2,6-14H2,3H3,(H,20,25)(H,21,23)/t15-,16+/m0/s1. The number of aliphatic hydroxyl groups is 1. The lowest BCUT2D eigenvalue weighted by Crippen LogP contribution is -2.39. The van der Waals surface area contributed by atoms with E-state index in [1.165, 1.54) is 0 Å². The zero-order chi connectivity index (χ0) is 19.8. The first-order chi connectivity index (χ1) is 12.4. The lowest BCUT2D eigenvalue weighted by Gasteiger charge is -2.17. The van der Waals surface area contributed by atoms with Crippen molar-refractivity contribution in [2.45, 2.75) is 51.5 Å². The van der Waals surface area contributed by atoms with Crippen LogP contribution in [0.25, 0.3) is 0 Å². The largest absolute Gasteiger partial charge is 0.464 e. The Kier molecular flexibility index (Phi) is 13.9. The fourth-order valence-corrected chi connectivity index (χ4v) is 2.20. The number of ether oxygens (including phenoxy) is 1. The Morgan fingerprint density at radius 1 is 1.19 bits per heavy atom. The summed E-state index contributed by atoms with van der Waals surface area (Å²) < 4.78 is 5.05. The second-order valence-electron chi connectivity index (χ2n) is 6.12. The SMILES string of the molecule is C=CCCCCC(=O)OCCNC(=O)[C@H](CC=C)CC(=O)N[C@@H](C)CO. The fourth-order valence-electron chi connectivity index (χ4n) is 2.20. The molecule has 26 heavy (non-hydrogen) atoms. The van der Waals surface area contributed by atoms with E-state index in [2.05, 4.69) is 23.8 Å². The second kappa shape index (κ2) is 15.1. The van der Waals surface area contributed by atoms with Crippen molar-refractivity contribution in [2.75, 3.05) is 19.8 Å². The molecule has 148 valence electrons. The number of rotatable bonds is 15. The van der Waals surface area contributed by atoms with Crippen molar-refractivity contribution in [1.29, 1.82) is 0 Å². The molecule has 2 atom stereocenters. The minimum absolute atomic E-state index is 0.00524. The number of nitrogens with one attached hydrogen (secondary N) is 2. The Labute approximate surface area is 155 Å². The van der Waals surface area contributed by atoms with E-state index in [0.717, 1.165) is 19.3 Å². The Hall–Kier alpha value is -2.15. The molecule has 0 aliphatic rings. The van der Waals surface area contributed by atoms with Gasteiger partial charge in [-0.05, 0) is 32.6 Å². The lowest BCUT2D eigenvalue weighted by atomic mass is 9.99. The van der Waals surface area contributed by atoms with Crippen LogP contribution in [-0.4, -0.2) is 48.7 Å². The summed E-state index contributed by atoms with van der Waals surface area (Å²) in [7, 11) is 0. The summed E-state index contributed by atoms with van der Waals surface area (Å²) in [5.41, 5.74) is 0. The molecule has 0 aliphatic carbocycles. The summed E-state index contributed by atoms with van der Waals surface area (Å²) in [6.07, 6.45) is 6.63. The van der Waals surface area contributed by atoms with Crippen LogP contribution in [0.4, 0.5) is 0 Å². The average molecular weight is 368 g/mol. The summed E-state index contributed by atoms with van der Waals surface area (Å²) in [5, 5.41) is 14.2. The van der Waals surface area contributed by atoms with Gasteiger partial charge in [0, 0.05) is 18.9 Å². The van der Waals surface area contributed by atoms with E-state index in [9.17, 15) is 14.4 Å². The van der Waals surface area contributed by atoms with Crippen LogP contribution in [0.3, 0.4) is 0 Å². The van der Waals surface area contributed by atoms with Gasteiger partial charge in [-0.1, -0.05) is 12.2 Å². The summed E-state index contributed by atoms with van der Waals surface area (Å²) in [6.45, 7) is 9.02. The molecular formula is C19H32N2O5. The van der Waals surface area contributed by atoms with Crippen molar-refractivity contribution in [1.82, 2.24) is 10.6 Å². The van der Waals surface area contributed by atoms with E-state index in [1.807, 2.05) is 6.08 Å². The predicted molar refractivity (Wildman–Crippen MR) is 100 cm³/mol. The van der Waals surface area contributed by atoms with E-state index in [-0.39, 0.29) is 50.0 Å². The number of carbonyl (C=O) groups is 3. The van der Waals surface area contributed by atoms with Crippen molar-refractivity contribution in [2.24, 2.45) is 5.92 Å². The van der Waals surface area contributed by atoms with Crippen LogP contribution in [0, 0.1) is 5.92 Å². The van der Waals surface area contributed by atoms with Gasteiger partial charge in [0.1, 0.15) is 6.61 Å². The number of allylic oxidation sites excluding steroid dienone is 2. The van der Waals surface area contributed by atoms with Crippen LogP contribution in [-0.2, 0) is 19.1 Å². The predicted octanol–water partition coefficient (Wildman–Crippen LogP) is 1.47. The maximum absolute atomic E-state index is 12.2. The molecule has 0 rings (SSSR count). The second-order valence-corrected chi connectivity index (χ2v) is 6.12. The number of carbonyl (C=O) groups excluding carboxylic acids is 3. The Morgan fingerprint density at radius 2 is 1.92 bits per heavy atom. The topological polar surface area (TPSA) is 105 Å². The number of aliphatic hydroxyl groups excluding tert-OH is 1. The van der Waals surface area contributed by atoms with Crippen LogP contribution < -0.4 is 10.6 Å². The third kappa shape index (κ3) is 12.2. The van der Waals surface area contributed by atoms with Gasteiger partial charge in [0.15, 0.2) is 0 Å². The molecule has 3 N–H and O–H groups in total. The molecule has 0 heterocycles. The van der Waals surface area contributed by atoms with Crippen LogP contribution in [0.15, 0.2) is 25.3 Å².